The molecule has 0 aromatic heterocycles. The summed E-state index contributed by atoms with van der Waals surface area (Å²) < 4.78 is 33.0. The Bertz CT molecular complexity index is 429. The second-order valence-electron chi connectivity index (χ2n) is 4.73. The third-order valence-electron chi connectivity index (χ3n) is 3.48. The lowest BCUT2D eigenvalue weighted by molar-refractivity contribution is -0.129. The Morgan fingerprint density at radius 3 is 2.15 bits per heavy atom. The number of piperazine rings is 1. The predicted octanol–water partition coefficient (Wildman–Crippen LogP) is -0.929. The molecule has 0 aromatic carbocycles. The van der Waals surface area contributed by atoms with E-state index in [0.717, 1.165) is 0 Å². The van der Waals surface area contributed by atoms with Crippen LogP contribution in [0.2, 0.25) is 0 Å². The lowest BCUT2D eigenvalue weighted by Gasteiger charge is -2.37. The number of hydrogen-bond donors (Lipinski definition) is 0. The molecule has 0 saturated carbocycles. The number of carbonyl (C=O) groups is 1. The molecule has 116 valence electrons. The first-order valence-electron chi connectivity index (χ1n) is 6.65. The number of thioether (sulfide) groups is 1. The maximum absolute atomic E-state index is 12.4. The summed E-state index contributed by atoms with van der Waals surface area (Å²) in [7, 11) is -3.40. The van der Waals surface area contributed by atoms with Gasteiger partial charge in [-0.15, -0.1) is 0 Å². The van der Waals surface area contributed by atoms with Crippen molar-refractivity contribution in [3.63, 3.8) is 0 Å². The minimum absolute atomic E-state index is 0.0842. The molecular formula is C11H21N3O4S2. The van der Waals surface area contributed by atoms with Gasteiger partial charge in [0.1, 0.15) is 0 Å². The average Bonchev–Trinajstić information content (AvgIpc) is 2.48. The van der Waals surface area contributed by atoms with Crippen LogP contribution in [-0.2, 0) is 19.7 Å². The van der Waals surface area contributed by atoms with E-state index in [0.29, 0.717) is 58.2 Å². The van der Waals surface area contributed by atoms with Crippen LogP contribution in [0.15, 0.2) is 0 Å². The number of carbonyl (C=O) groups excluding carboxylic acids is 1. The molecule has 0 bridgehead atoms. The van der Waals surface area contributed by atoms with Crippen LogP contribution < -0.4 is 0 Å². The highest BCUT2D eigenvalue weighted by atomic mass is 32.2. The molecule has 0 aromatic rings. The van der Waals surface area contributed by atoms with Crippen molar-refractivity contribution >= 4 is 27.9 Å². The summed E-state index contributed by atoms with van der Waals surface area (Å²) >= 11 is 1.49. The van der Waals surface area contributed by atoms with Gasteiger partial charge in [-0.1, -0.05) is 0 Å². The fourth-order valence-corrected chi connectivity index (χ4v) is 4.31. The maximum Gasteiger partial charge on any atom is 0.282 e. The Labute approximate surface area is 124 Å². The van der Waals surface area contributed by atoms with Crippen molar-refractivity contribution in [3.8, 4) is 0 Å². The van der Waals surface area contributed by atoms with Gasteiger partial charge in [0.25, 0.3) is 10.2 Å². The van der Waals surface area contributed by atoms with E-state index >= 15 is 0 Å². The highest BCUT2D eigenvalue weighted by molar-refractivity contribution is 7.99. The smallest absolute Gasteiger partial charge is 0.282 e. The zero-order valence-electron chi connectivity index (χ0n) is 11.7. The van der Waals surface area contributed by atoms with Crippen molar-refractivity contribution in [2.75, 3.05) is 64.5 Å². The number of ether oxygens (including phenoxy) is 1. The SMILES string of the molecule is CSCC(=O)N1CCN(S(=O)(=O)N2CCOCC2)CC1. The van der Waals surface area contributed by atoms with E-state index in [9.17, 15) is 13.2 Å². The largest absolute Gasteiger partial charge is 0.379 e. The molecule has 9 heteroatoms. The maximum atomic E-state index is 12.4. The summed E-state index contributed by atoms with van der Waals surface area (Å²) in [5, 5.41) is 0. The minimum Gasteiger partial charge on any atom is -0.379 e. The van der Waals surface area contributed by atoms with Crippen LogP contribution in [-0.4, -0.2) is 92.3 Å². The minimum atomic E-state index is -3.40. The summed E-state index contributed by atoms with van der Waals surface area (Å²) in [5.74, 6) is 0.539. The van der Waals surface area contributed by atoms with Crippen molar-refractivity contribution in [1.82, 2.24) is 13.5 Å². The molecule has 0 atom stereocenters. The van der Waals surface area contributed by atoms with Crippen molar-refractivity contribution in [1.29, 1.82) is 0 Å². The second-order valence-corrected chi connectivity index (χ2v) is 7.53. The highest BCUT2D eigenvalue weighted by Crippen LogP contribution is 2.14. The molecule has 2 rings (SSSR count). The standard InChI is InChI=1S/C11H21N3O4S2/c1-19-10-11(15)12-2-4-13(5-3-12)20(16,17)14-6-8-18-9-7-14/h2-10H2,1H3. The van der Waals surface area contributed by atoms with Crippen LogP contribution in [0, 0.1) is 0 Å². The van der Waals surface area contributed by atoms with E-state index < -0.39 is 10.2 Å². The van der Waals surface area contributed by atoms with Crippen LogP contribution >= 0.6 is 11.8 Å². The Morgan fingerprint density at radius 2 is 1.60 bits per heavy atom. The average molecular weight is 323 g/mol. The van der Waals surface area contributed by atoms with Crippen LogP contribution in [0.3, 0.4) is 0 Å². The molecule has 2 saturated heterocycles. The van der Waals surface area contributed by atoms with E-state index in [2.05, 4.69) is 0 Å². The van der Waals surface area contributed by atoms with Gasteiger partial charge in [0, 0.05) is 39.3 Å². The summed E-state index contributed by atoms with van der Waals surface area (Å²) in [6.07, 6.45) is 1.89. The summed E-state index contributed by atoms with van der Waals surface area (Å²) in [6.45, 7) is 3.42. The molecule has 0 unspecified atom stereocenters. The van der Waals surface area contributed by atoms with E-state index in [1.165, 1.54) is 20.4 Å². The molecule has 2 aliphatic heterocycles. The van der Waals surface area contributed by atoms with E-state index in [4.69, 9.17) is 4.74 Å². The van der Waals surface area contributed by atoms with Gasteiger partial charge in [0.05, 0.1) is 19.0 Å². The van der Waals surface area contributed by atoms with E-state index in [1.807, 2.05) is 6.26 Å². The predicted molar refractivity (Wildman–Crippen MR) is 77.8 cm³/mol. The Balaban J connectivity index is 1.90. The number of morpholine rings is 1. The lowest BCUT2D eigenvalue weighted by atomic mass is 10.3. The molecule has 0 radical (unpaired) electrons. The lowest BCUT2D eigenvalue weighted by Crippen LogP contribution is -2.56. The molecular weight excluding hydrogens is 302 g/mol. The third kappa shape index (κ3) is 3.64. The molecule has 1 amide bonds. The van der Waals surface area contributed by atoms with E-state index in [-0.39, 0.29) is 5.91 Å². The van der Waals surface area contributed by atoms with Gasteiger partial charge >= 0.3 is 0 Å². The Morgan fingerprint density at radius 1 is 1.05 bits per heavy atom. The van der Waals surface area contributed by atoms with Crippen molar-refractivity contribution < 1.29 is 17.9 Å². The van der Waals surface area contributed by atoms with Gasteiger partial charge < -0.3 is 9.64 Å². The van der Waals surface area contributed by atoms with Crippen LogP contribution in [0.5, 0.6) is 0 Å². The monoisotopic (exact) mass is 323 g/mol. The van der Waals surface area contributed by atoms with E-state index in [1.54, 1.807) is 4.90 Å². The molecule has 0 spiro atoms. The molecule has 0 aliphatic carbocycles. The van der Waals surface area contributed by atoms with Crippen molar-refractivity contribution in [2.45, 2.75) is 0 Å². The first-order chi connectivity index (χ1) is 9.55. The van der Waals surface area contributed by atoms with Gasteiger partial charge in [-0.2, -0.15) is 28.8 Å². The summed E-state index contributed by atoms with van der Waals surface area (Å²) in [6, 6.07) is 0. The zero-order valence-corrected chi connectivity index (χ0v) is 13.3. The fraction of sp³-hybridized carbons (Fsp3) is 0.909. The van der Waals surface area contributed by atoms with Gasteiger partial charge in [0.2, 0.25) is 5.91 Å². The summed E-state index contributed by atoms with van der Waals surface area (Å²) in [5.41, 5.74) is 0. The number of rotatable bonds is 4. The fourth-order valence-electron chi connectivity index (χ4n) is 2.32. The van der Waals surface area contributed by atoms with Crippen molar-refractivity contribution in [2.24, 2.45) is 0 Å². The van der Waals surface area contributed by atoms with Gasteiger partial charge in [-0.25, -0.2) is 0 Å². The number of nitrogens with zero attached hydrogens (tertiary/aromatic N) is 3. The molecule has 7 nitrogen and oxygen atoms in total. The van der Waals surface area contributed by atoms with Crippen LogP contribution in [0.1, 0.15) is 0 Å². The highest BCUT2D eigenvalue weighted by Gasteiger charge is 2.33. The third-order valence-corrected chi connectivity index (χ3v) is 6.05. The van der Waals surface area contributed by atoms with Gasteiger partial charge in [0.15, 0.2) is 0 Å². The Kier molecular flexibility index (Phi) is 5.67. The van der Waals surface area contributed by atoms with Crippen LogP contribution in [0.4, 0.5) is 0 Å². The van der Waals surface area contributed by atoms with Crippen molar-refractivity contribution in [3.05, 3.63) is 0 Å². The first kappa shape index (κ1) is 16.0. The van der Waals surface area contributed by atoms with Gasteiger partial charge in [-0.3, -0.25) is 4.79 Å². The zero-order chi connectivity index (χ0) is 14.6. The summed E-state index contributed by atoms with van der Waals surface area (Å²) in [4.78, 5) is 13.5. The molecule has 20 heavy (non-hydrogen) atoms. The Hall–Kier alpha value is -0.350. The quantitative estimate of drug-likeness (QED) is 0.669. The molecule has 2 heterocycles. The first-order valence-corrected chi connectivity index (χ1v) is 9.44. The second kappa shape index (κ2) is 7.08. The topological polar surface area (TPSA) is 70.2 Å². The molecule has 0 N–H and O–H groups in total. The van der Waals surface area contributed by atoms with Crippen LogP contribution in [0.25, 0.3) is 0 Å². The molecule has 2 fully saturated rings. The normalized spacial score (nSPS) is 22.9. The number of hydrogen-bond acceptors (Lipinski definition) is 5. The molecule has 2 aliphatic rings. The number of amides is 1. The van der Waals surface area contributed by atoms with Gasteiger partial charge in [-0.05, 0) is 6.26 Å².